The van der Waals surface area contributed by atoms with Crippen molar-refractivity contribution in [1.29, 1.82) is 0 Å². The molecule has 0 fully saturated rings. The first-order valence-electron chi connectivity index (χ1n) is 4.24. The molecule has 0 saturated carbocycles. The third-order valence-corrected chi connectivity index (χ3v) is 3.78. The summed E-state index contributed by atoms with van der Waals surface area (Å²) >= 11 is 5.77. The van der Waals surface area contributed by atoms with Crippen LogP contribution in [0, 0.1) is 6.92 Å². The van der Waals surface area contributed by atoms with Crippen molar-refractivity contribution in [2.45, 2.75) is 11.8 Å². The van der Waals surface area contributed by atoms with E-state index in [-0.39, 0.29) is 9.92 Å². The van der Waals surface area contributed by atoms with Crippen LogP contribution in [0.3, 0.4) is 0 Å². The van der Waals surface area contributed by atoms with Gasteiger partial charge < -0.3 is 4.74 Å². The Labute approximate surface area is 98.4 Å². The van der Waals surface area contributed by atoms with Gasteiger partial charge in [0, 0.05) is 0 Å². The summed E-state index contributed by atoms with van der Waals surface area (Å²) in [6, 6.07) is 4.63. The molecule has 0 aliphatic rings. The summed E-state index contributed by atoms with van der Waals surface area (Å²) in [7, 11) is -2.92. The van der Waals surface area contributed by atoms with Crippen molar-refractivity contribution in [3.05, 3.63) is 28.8 Å². The standard InChI is InChI=1S/C9H10ClNO4S/c1-6-4-3-5-7(10)8(6)16(13,14)11-9(12)15-2/h3-5H,1-2H3,(H,11,12). The molecule has 1 aromatic carbocycles. The quantitative estimate of drug-likeness (QED) is 0.881. The second-order valence-corrected chi connectivity index (χ2v) is 5.01. The fourth-order valence-electron chi connectivity index (χ4n) is 1.16. The first-order valence-corrected chi connectivity index (χ1v) is 6.10. The fourth-order valence-corrected chi connectivity index (χ4v) is 2.91. The number of sulfonamides is 1. The summed E-state index contributed by atoms with van der Waals surface area (Å²) in [6.07, 6.45) is -1.06. The maximum atomic E-state index is 11.7. The first kappa shape index (κ1) is 12.8. The number of halogens is 1. The predicted molar refractivity (Wildman–Crippen MR) is 58.9 cm³/mol. The Kier molecular flexibility index (Phi) is 3.77. The maximum Gasteiger partial charge on any atom is 0.420 e. The monoisotopic (exact) mass is 263 g/mol. The summed E-state index contributed by atoms with van der Waals surface area (Å²) in [5.41, 5.74) is 0.448. The molecule has 7 heteroatoms. The molecule has 0 spiro atoms. The normalized spacial score (nSPS) is 10.9. The fraction of sp³-hybridized carbons (Fsp3) is 0.222. The smallest absolute Gasteiger partial charge is 0.420 e. The molecule has 0 aliphatic heterocycles. The van der Waals surface area contributed by atoms with E-state index < -0.39 is 16.1 Å². The number of aryl methyl sites for hydroxylation is 1. The Morgan fingerprint density at radius 3 is 2.56 bits per heavy atom. The zero-order valence-corrected chi connectivity index (χ0v) is 10.2. The molecule has 1 N–H and O–H groups in total. The van der Waals surface area contributed by atoms with Crippen LogP contribution in [0.1, 0.15) is 5.56 Å². The molecular weight excluding hydrogens is 254 g/mol. The van der Waals surface area contributed by atoms with E-state index >= 15 is 0 Å². The number of carbonyl (C=O) groups excluding carboxylic acids is 1. The third kappa shape index (κ3) is 2.65. The SMILES string of the molecule is COC(=O)NS(=O)(=O)c1c(C)cccc1Cl. The van der Waals surface area contributed by atoms with Gasteiger partial charge in [0.15, 0.2) is 0 Å². The van der Waals surface area contributed by atoms with E-state index in [9.17, 15) is 13.2 Å². The van der Waals surface area contributed by atoms with Crippen LogP contribution >= 0.6 is 11.6 Å². The maximum absolute atomic E-state index is 11.7. The lowest BCUT2D eigenvalue weighted by molar-refractivity contribution is 0.177. The second-order valence-electron chi connectivity index (χ2n) is 2.98. The van der Waals surface area contributed by atoms with Gasteiger partial charge in [-0.2, -0.15) is 0 Å². The Hall–Kier alpha value is -1.27. The van der Waals surface area contributed by atoms with Gasteiger partial charge in [-0.1, -0.05) is 23.7 Å². The Morgan fingerprint density at radius 2 is 2.06 bits per heavy atom. The lowest BCUT2D eigenvalue weighted by atomic mass is 10.2. The molecule has 0 heterocycles. The molecule has 0 aliphatic carbocycles. The summed E-state index contributed by atoms with van der Waals surface area (Å²) in [4.78, 5) is 10.7. The van der Waals surface area contributed by atoms with Crippen LogP contribution in [0.2, 0.25) is 5.02 Å². The number of benzene rings is 1. The van der Waals surface area contributed by atoms with Crippen molar-refractivity contribution in [3.8, 4) is 0 Å². The number of nitrogens with one attached hydrogen (secondary N) is 1. The number of ether oxygens (including phenoxy) is 1. The van der Waals surface area contributed by atoms with Crippen LogP contribution in [-0.4, -0.2) is 21.6 Å². The second kappa shape index (κ2) is 4.71. The molecule has 1 amide bonds. The van der Waals surface area contributed by atoms with E-state index in [0.717, 1.165) is 7.11 Å². The van der Waals surface area contributed by atoms with Gasteiger partial charge in [-0.15, -0.1) is 0 Å². The largest absolute Gasteiger partial charge is 0.452 e. The number of carbonyl (C=O) groups is 1. The molecule has 88 valence electrons. The minimum atomic E-state index is -3.99. The molecule has 0 aromatic heterocycles. The molecule has 0 unspecified atom stereocenters. The average Bonchev–Trinajstić information content (AvgIpc) is 2.16. The highest BCUT2D eigenvalue weighted by Gasteiger charge is 2.22. The van der Waals surface area contributed by atoms with Gasteiger partial charge in [0.1, 0.15) is 4.90 Å². The number of amides is 1. The van der Waals surface area contributed by atoms with E-state index in [1.807, 2.05) is 0 Å². The molecule has 0 bridgehead atoms. The molecule has 0 radical (unpaired) electrons. The van der Waals surface area contributed by atoms with Gasteiger partial charge in [-0.05, 0) is 18.6 Å². The molecule has 16 heavy (non-hydrogen) atoms. The van der Waals surface area contributed by atoms with Crippen LogP contribution in [-0.2, 0) is 14.8 Å². The van der Waals surface area contributed by atoms with Crippen molar-refractivity contribution >= 4 is 27.7 Å². The van der Waals surface area contributed by atoms with E-state index in [1.165, 1.54) is 6.07 Å². The highest BCUT2D eigenvalue weighted by atomic mass is 35.5. The lowest BCUT2D eigenvalue weighted by Crippen LogP contribution is -2.31. The summed E-state index contributed by atoms with van der Waals surface area (Å²) in [6.45, 7) is 1.58. The minimum absolute atomic E-state index is 0.0522. The average molecular weight is 264 g/mol. The predicted octanol–water partition coefficient (Wildman–Crippen LogP) is 1.69. The van der Waals surface area contributed by atoms with Gasteiger partial charge in [-0.25, -0.2) is 17.9 Å². The number of hydrogen-bond donors (Lipinski definition) is 1. The lowest BCUT2D eigenvalue weighted by Gasteiger charge is -2.09. The van der Waals surface area contributed by atoms with Crippen LogP contribution < -0.4 is 4.72 Å². The van der Waals surface area contributed by atoms with E-state index in [0.29, 0.717) is 5.56 Å². The number of rotatable bonds is 2. The van der Waals surface area contributed by atoms with Crippen LogP contribution in [0.4, 0.5) is 4.79 Å². The van der Waals surface area contributed by atoms with E-state index in [4.69, 9.17) is 11.6 Å². The molecular formula is C9H10ClNO4S. The Balaban J connectivity index is 3.23. The molecule has 0 atom stereocenters. The molecule has 0 saturated heterocycles. The number of methoxy groups -OCH3 is 1. The summed E-state index contributed by atoms with van der Waals surface area (Å²) in [5, 5.41) is 0.0522. The highest BCUT2D eigenvalue weighted by Crippen LogP contribution is 2.24. The highest BCUT2D eigenvalue weighted by molar-refractivity contribution is 7.90. The van der Waals surface area contributed by atoms with Gasteiger partial charge in [0.2, 0.25) is 0 Å². The zero-order chi connectivity index (χ0) is 12.3. The van der Waals surface area contributed by atoms with Crippen LogP contribution in [0.5, 0.6) is 0 Å². The van der Waals surface area contributed by atoms with E-state index in [1.54, 1.807) is 23.8 Å². The van der Waals surface area contributed by atoms with Crippen molar-refractivity contribution < 1.29 is 17.9 Å². The summed E-state index contributed by atoms with van der Waals surface area (Å²) < 4.78 is 29.4. The first-order chi connectivity index (χ1) is 7.38. The summed E-state index contributed by atoms with van der Waals surface area (Å²) in [5.74, 6) is 0. The zero-order valence-electron chi connectivity index (χ0n) is 8.65. The topological polar surface area (TPSA) is 72.5 Å². The molecule has 5 nitrogen and oxygen atoms in total. The molecule has 1 aromatic rings. The Bertz CT molecular complexity index is 492. The van der Waals surface area contributed by atoms with Gasteiger partial charge in [0.05, 0.1) is 12.1 Å². The van der Waals surface area contributed by atoms with Crippen LogP contribution in [0.25, 0.3) is 0 Å². The minimum Gasteiger partial charge on any atom is -0.452 e. The van der Waals surface area contributed by atoms with Gasteiger partial charge >= 0.3 is 6.09 Å². The van der Waals surface area contributed by atoms with Crippen molar-refractivity contribution in [3.63, 3.8) is 0 Å². The Morgan fingerprint density at radius 1 is 1.44 bits per heavy atom. The van der Waals surface area contributed by atoms with Crippen molar-refractivity contribution in [1.82, 2.24) is 4.72 Å². The van der Waals surface area contributed by atoms with Crippen LogP contribution in [0.15, 0.2) is 23.1 Å². The third-order valence-electron chi connectivity index (χ3n) is 1.84. The van der Waals surface area contributed by atoms with Gasteiger partial charge in [-0.3, -0.25) is 0 Å². The van der Waals surface area contributed by atoms with Gasteiger partial charge in [0.25, 0.3) is 10.0 Å². The van der Waals surface area contributed by atoms with Crippen molar-refractivity contribution in [2.75, 3.05) is 7.11 Å². The van der Waals surface area contributed by atoms with Crippen molar-refractivity contribution in [2.24, 2.45) is 0 Å². The van der Waals surface area contributed by atoms with E-state index in [2.05, 4.69) is 4.74 Å². The molecule has 1 rings (SSSR count). The number of hydrogen-bond acceptors (Lipinski definition) is 4.